The molecule has 5 N–H and O–H groups in total. The first-order valence-corrected chi connectivity index (χ1v) is 37.1. The summed E-state index contributed by atoms with van der Waals surface area (Å²) in [4.78, 5) is 47.8. The lowest BCUT2D eigenvalue weighted by atomic mass is 10.1. The van der Waals surface area contributed by atoms with Gasteiger partial charge in [0.1, 0.15) is 21.5 Å². The Morgan fingerprint density at radius 1 is 0.510 bits per heavy atom. The number of thiazole rings is 3. The number of hydrogen-bond donors (Lipinski definition) is 4. The first-order valence-electron chi connectivity index (χ1n) is 31.2. The molecule has 522 valence electrons. The molecule has 23 nitrogen and oxygen atoms in total. The second-order valence-electron chi connectivity index (χ2n) is 21.8. The van der Waals surface area contributed by atoms with Gasteiger partial charge in [-0.1, -0.05) is 174 Å². The number of isocyanates is 1. The number of aryl methyl sites for hydroxylation is 3. The van der Waals surface area contributed by atoms with Gasteiger partial charge in [0.05, 0.1) is 62.0 Å². The minimum Gasteiger partial charge on any atom is -0.424 e. The summed E-state index contributed by atoms with van der Waals surface area (Å²) in [7, 11) is -12.9. The van der Waals surface area contributed by atoms with Crippen molar-refractivity contribution in [1.29, 1.82) is 3.84 Å². The van der Waals surface area contributed by atoms with Crippen molar-refractivity contribution in [3.8, 4) is 33.4 Å². The Balaban J connectivity index is 0.000000180. The number of benzene rings is 9. The van der Waals surface area contributed by atoms with Crippen molar-refractivity contribution in [1.82, 2.24) is 40.8 Å². The van der Waals surface area contributed by atoms with Crippen LogP contribution in [-0.4, -0.2) is 92.7 Å². The van der Waals surface area contributed by atoms with Crippen molar-refractivity contribution < 1.29 is 59.0 Å². The Labute approximate surface area is 605 Å². The summed E-state index contributed by atoms with van der Waals surface area (Å²) in [5, 5.41) is 29.3. The predicted molar refractivity (Wildman–Crippen MR) is 400 cm³/mol. The van der Waals surface area contributed by atoms with E-state index < -0.39 is 51.0 Å². The maximum absolute atomic E-state index is 12.9. The number of amides is 1. The number of sulfone groups is 2. The molecule has 0 atom stereocenters. The van der Waals surface area contributed by atoms with Gasteiger partial charge in [-0.05, 0) is 127 Å². The van der Waals surface area contributed by atoms with E-state index in [-0.39, 0.29) is 62.9 Å². The van der Waals surface area contributed by atoms with Gasteiger partial charge < -0.3 is 8.83 Å². The predicted octanol–water partition coefficient (Wildman–Crippen LogP) is 14.3. The normalized spacial score (nSPS) is 11.3. The molecule has 0 unspecified atom stereocenters. The van der Waals surface area contributed by atoms with Gasteiger partial charge in [0.25, 0.3) is 27.8 Å². The number of nitrogens with zero attached hydrogens (tertiary/aromatic N) is 8. The third-order valence-electron chi connectivity index (χ3n) is 14.6. The molecule has 1 amide bonds. The highest BCUT2D eigenvalue weighted by atomic mass is 32.2. The first kappa shape index (κ1) is 72.8. The lowest BCUT2D eigenvalue weighted by Gasteiger charge is -2.01. The van der Waals surface area contributed by atoms with E-state index >= 15 is 0 Å². The second-order valence-corrected chi connectivity index (χ2v) is 30.7. The minimum atomic E-state index is -3.83. The molecule has 5 aromatic heterocycles. The molecule has 0 aliphatic heterocycles. The molecule has 9 aromatic carbocycles. The van der Waals surface area contributed by atoms with Crippen LogP contribution in [0.2, 0.25) is 0 Å². The lowest BCUT2D eigenvalue weighted by Crippen LogP contribution is -2.31. The van der Waals surface area contributed by atoms with E-state index in [9.17, 15) is 39.6 Å². The number of nitrogens with two attached hydrogens (primary N) is 1. The molecule has 0 aliphatic rings. The molecule has 0 spiro atoms. The number of fused-ring (bicyclic) bond motifs is 3. The Hall–Kier alpha value is -10.4. The molecule has 0 radical (unpaired) electrons. The Kier molecular flexibility index (Phi) is 25.2. The molecule has 14 aromatic rings. The standard InChI is InChI=1S/C24H17N3O4S2.C24H19N3O3S2.C15H13N3OS.C8H7NO3S.CH4.H2O2.H3P/c1-15-7-10-18(11-8-15)33(29,30)14-21-26-27-23(31-21)22(28)24-25-19-12-9-17(13-20(19)32-24)16-5-3-2-4-6-16;1-16-7-10-19(11-8-16)32(28,29)15-23-27-26-22(30-23)14-24-25-20-12-9-18(13-21(20)31-24)17-5-3-2-4-6-17;16-18-14(19)9-15-17-12-7-6-11(8-13(12)20-15)10-4-2-1-3-5-10;1-7-2-4-8(5-3-7)13(11,12)9-6-10;;1-2;/h2-13H,14H2,1H3;2-13H,14-15H2,1H3;1-8H,9,16H2,(H,18,19);2-5H,1H3;1H4;1-2H;1H3/i;;;;;;1T3. The largest absolute Gasteiger partial charge is 0.424 e. The van der Waals surface area contributed by atoms with Crippen LogP contribution in [0.1, 0.15) is 67.5 Å². The highest BCUT2D eigenvalue weighted by Gasteiger charge is 2.26. The second kappa shape index (κ2) is 35.3. The van der Waals surface area contributed by atoms with Gasteiger partial charge in [0.15, 0.2) is 24.7 Å². The van der Waals surface area contributed by atoms with E-state index in [1.165, 1.54) is 52.5 Å². The van der Waals surface area contributed by atoms with E-state index in [1.54, 1.807) is 59.9 Å². The fraction of sp³-hybridized carbons (Fsp3) is 0.111. The molecule has 30 heteroatoms. The molecular formula is C72H65N10O13PS6. The summed E-state index contributed by atoms with van der Waals surface area (Å²) in [6.45, 7) is 5.61. The Bertz CT molecular complexity index is 5660. The molecule has 14 rings (SSSR count). The number of nitrogens with one attached hydrogen (secondary N) is 1. The van der Waals surface area contributed by atoms with Crippen LogP contribution in [0.25, 0.3) is 64.0 Å². The fourth-order valence-corrected chi connectivity index (χ4v) is 15.5. The Morgan fingerprint density at radius 3 is 1.33 bits per heavy atom. The highest BCUT2D eigenvalue weighted by molar-refractivity contribution is 7.91. The summed E-state index contributed by atoms with van der Waals surface area (Å²) in [5.41, 5.74) is 14.2. The van der Waals surface area contributed by atoms with E-state index in [4.69, 9.17) is 29.0 Å². The number of sulfonamides is 1. The molecule has 0 aliphatic carbocycles. The SMILES string of the molecule is C.Cc1ccc(S(=O)(=O)Cc2nnc(C(=O)c3nc4ccc(-c5ccccc5)cc4s3)o2)cc1.Cc1ccc(S(=O)(=O)Cc2nnc(Cc3nc4ccc(-c5ccccc5)cc4s3)o2)cc1.Cc1ccc(S(=O)(=O)N=C=O)cc1.NNC(=O)Cc1nc2ccc(-c3ccccc3)cc2s1.OO.[3H]P([3H])[3H]. The molecule has 102 heavy (non-hydrogen) atoms. The van der Waals surface area contributed by atoms with Crippen molar-refractivity contribution in [2.45, 2.75) is 67.2 Å². The highest BCUT2D eigenvalue weighted by Crippen LogP contribution is 2.33. The maximum Gasteiger partial charge on any atom is 0.292 e. The zero-order valence-electron chi connectivity index (χ0n) is 56.5. The molecule has 0 saturated heterocycles. The van der Waals surface area contributed by atoms with Crippen molar-refractivity contribution in [2.24, 2.45) is 10.2 Å². The van der Waals surface area contributed by atoms with Gasteiger partial charge in [0, 0.05) is 0 Å². The number of carbonyl (C=O) groups is 2. The van der Waals surface area contributed by atoms with Gasteiger partial charge >= 0.3 is 0 Å². The number of hydrazine groups is 1. The number of rotatable bonds is 17. The number of carbonyl (C=O) groups excluding carboxylic acids is 3. The van der Waals surface area contributed by atoms with Crippen LogP contribution in [0, 0.1) is 20.8 Å². The monoisotopic (exact) mass is 1510 g/mol. The van der Waals surface area contributed by atoms with Gasteiger partial charge in [-0.15, -0.1) is 54.4 Å². The Morgan fingerprint density at radius 2 is 0.892 bits per heavy atom. The van der Waals surface area contributed by atoms with E-state index in [0.717, 1.165) is 85.7 Å². The molecule has 0 bridgehead atoms. The average molecular weight is 1510 g/mol. The van der Waals surface area contributed by atoms with Crippen LogP contribution >= 0.6 is 43.7 Å². The van der Waals surface area contributed by atoms with Gasteiger partial charge in [0.2, 0.25) is 23.6 Å². The van der Waals surface area contributed by atoms with Crippen LogP contribution in [0.4, 0.5) is 0 Å². The molecule has 0 fully saturated rings. The lowest BCUT2D eigenvalue weighted by molar-refractivity contribution is -0.176. The number of hydrogen-bond acceptors (Lipinski definition) is 24. The van der Waals surface area contributed by atoms with Crippen LogP contribution in [-0.2, 0) is 63.6 Å². The summed E-state index contributed by atoms with van der Waals surface area (Å²) in [6.07, 6.45) is 1.59. The van der Waals surface area contributed by atoms with Gasteiger partial charge in [-0.25, -0.2) is 42.4 Å². The summed E-state index contributed by atoms with van der Waals surface area (Å²) in [6, 6.07) is 67.6. The van der Waals surface area contributed by atoms with Gasteiger partial charge in [-0.2, -0.15) is 18.2 Å². The van der Waals surface area contributed by atoms with Crippen LogP contribution in [0.15, 0.2) is 246 Å². The summed E-state index contributed by atoms with van der Waals surface area (Å²) < 4.78 is 107. The van der Waals surface area contributed by atoms with Crippen LogP contribution in [0.3, 0.4) is 0 Å². The molecule has 0 saturated carbocycles. The minimum absolute atomic E-state index is 0. The van der Waals surface area contributed by atoms with Crippen LogP contribution in [0.5, 0.6) is 0 Å². The van der Waals surface area contributed by atoms with E-state index in [2.05, 4.69) is 87.6 Å². The quantitative estimate of drug-likeness (QED) is 0.00961. The van der Waals surface area contributed by atoms with Crippen molar-refractivity contribution in [3.63, 3.8) is 0 Å². The molecular weight excluding hydrogens is 1440 g/mol. The average Bonchev–Trinajstić information content (AvgIpc) is 1.69. The smallest absolute Gasteiger partial charge is 0.292 e. The van der Waals surface area contributed by atoms with Crippen molar-refractivity contribution in [2.75, 3.05) is 0 Å². The van der Waals surface area contributed by atoms with Crippen molar-refractivity contribution in [3.05, 3.63) is 274 Å². The van der Waals surface area contributed by atoms with Crippen LogP contribution < -0.4 is 11.3 Å². The first-order chi connectivity index (χ1) is 49.9. The summed E-state index contributed by atoms with van der Waals surface area (Å²) in [5.74, 6) is 3.50. The van der Waals surface area contributed by atoms with E-state index in [0.29, 0.717) is 17.8 Å². The third-order valence-corrected chi connectivity index (χ3v) is 22.0. The maximum atomic E-state index is 12.9. The zero-order valence-corrected chi connectivity index (χ0v) is 59.3. The fourth-order valence-electron chi connectivity index (χ4n) is 9.57. The summed E-state index contributed by atoms with van der Waals surface area (Å²) >= 11 is 4.31. The number of aromatic nitrogens is 7. The zero-order chi connectivity index (χ0) is 74.6. The van der Waals surface area contributed by atoms with Crippen molar-refractivity contribution >= 4 is 122 Å². The topological polar surface area (TPSA) is 361 Å². The van der Waals surface area contributed by atoms with Gasteiger partial charge in [-0.3, -0.25) is 25.5 Å². The third kappa shape index (κ3) is 20.2. The van der Waals surface area contributed by atoms with E-state index in [1.807, 2.05) is 124 Å². The molecule has 5 heterocycles. The number of ketones is 1.